The summed E-state index contributed by atoms with van der Waals surface area (Å²) in [7, 11) is 1.35. The van der Waals surface area contributed by atoms with E-state index in [1.54, 1.807) is 24.4 Å². The molecular formula is C23H16F4N6O3. The summed E-state index contributed by atoms with van der Waals surface area (Å²) in [5.74, 6) is -0.900. The lowest BCUT2D eigenvalue weighted by atomic mass is 10.2. The average Bonchev–Trinajstić information content (AvgIpc) is 3.41. The van der Waals surface area contributed by atoms with Crippen molar-refractivity contribution in [3.05, 3.63) is 89.0 Å². The van der Waals surface area contributed by atoms with E-state index in [2.05, 4.69) is 19.9 Å². The third-order valence-corrected chi connectivity index (χ3v) is 5.22. The van der Waals surface area contributed by atoms with Crippen LogP contribution in [0.2, 0.25) is 0 Å². The van der Waals surface area contributed by atoms with Crippen LogP contribution in [0.15, 0.2) is 71.9 Å². The summed E-state index contributed by atoms with van der Waals surface area (Å²) in [6.07, 6.45) is -0.654. The summed E-state index contributed by atoms with van der Waals surface area (Å²) in [6.45, 7) is -0.0154. The maximum Gasteiger partial charge on any atom is 0.573 e. The van der Waals surface area contributed by atoms with Crippen LogP contribution in [0.25, 0.3) is 22.3 Å². The Kier molecular flexibility index (Phi) is 5.66. The highest BCUT2D eigenvalue weighted by Gasteiger charge is 2.31. The lowest BCUT2D eigenvalue weighted by Crippen LogP contribution is -2.24. The number of pyridine rings is 1. The minimum absolute atomic E-state index is 0.00524. The Morgan fingerprint density at radius 2 is 1.81 bits per heavy atom. The molecule has 5 aromatic rings. The van der Waals surface area contributed by atoms with E-state index in [4.69, 9.17) is 4.74 Å². The van der Waals surface area contributed by atoms with Crippen LogP contribution >= 0.6 is 0 Å². The molecular weight excluding hydrogens is 484 g/mol. The largest absolute Gasteiger partial charge is 0.573 e. The molecule has 0 saturated heterocycles. The Morgan fingerprint density at radius 1 is 1.03 bits per heavy atom. The van der Waals surface area contributed by atoms with Crippen molar-refractivity contribution in [1.82, 2.24) is 29.1 Å². The van der Waals surface area contributed by atoms with E-state index < -0.39 is 17.9 Å². The first-order chi connectivity index (χ1) is 17.2. The summed E-state index contributed by atoms with van der Waals surface area (Å²) in [5.41, 5.74) is 1.30. The highest BCUT2D eigenvalue weighted by atomic mass is 19.4. The molecule has 3 heterocycles. The molecule has 0 spiro atoms. The van der Waals surface area contributed by atoms with Gasteiger partial charge in [0.1, 0.15) is 11.6 Å². The highest BCUT2D eigenvalue weighted by Crippen LogP contribution is 2.25. The first-order valence-corrected chi connectivity index (χ1v) is 10.4. The van der Waals surface area contributed by atoms with E-state index >= 15 is 0 Å². The van der Waals surface area contributed by atoms with Crippen molar-refractivity contribution in [2.24, 2.45) is 0 Å². The fourth-order valence-electron chi connectivity index (χ4n) is 3.67. The van der Waals surface area contributed by atoms with Gasteiger partial charge in [0.15, 0.2) is 0 Å². The number of ether oxygens (including phenoxy) is 2. The smallest absolute Gasteiger partial charge is 0.467 e. The third-order valence-electron chi connectivity index (χ3n) is 5.22. The van der Waals surface area contributed by atoms with Gasteiger partial charge in [0.2, 0.25) is 0 Å². The van der Waals surface area contributed by atoms with Crippen molar-refractivity contribution in [1.29, 1.82) is 0 Å². The van der Waals surface area contributed by atoms with Crippen molar-refractivity contribution in [3.63, 3.8) is 0 Å². The molecule has 9 nitrogen and oxygen atoms in total. The quantitative estimate of drug-likeness (QED) is 0.329. The summed E-state index contributed by atoms with van der Waals surface area (Å²) in [5, 5.41) is 9.26. The summed E-state index contributed by atoms with van der Waals surface area (Å²) >= 11 is 0. The Balaban J connectivity index is 1.52. The number of hydrogen-bond donors (Lipinski definition) is 0. The molecule has 36 heavy (non-hydrogen) atoms. The van der Waals surface area contributed by atoms with Crippen LogP contribution in [0, 0.1) is 5.82 Å². The van der Waals surface area contributed by atoms with Crippen LogP contribution in [-0.4, -0.2) is 42.6 Å². The molecule has 5 rings (SSSR count). The molecule has 13 heteroatoms. The van der Waals surface area contributed by atoms with Crippen LogP contribution in [0.4, 0.5) is 17.6 Å². The molecule has 0 bridgehead atoms. The minimum atomic E-state index is -4.80. The molecule has 0 aliphatic heterocycles. The van der Waals surface area contributed by atoms with Crippen molar-refractivity contribution in [3.8, 4) is 23.1 Å². The monoisotopic (exact) mass is 500 g/mol. The van der Waals surface area contributed by atoms with E-state index in [-0.39, 0.29) is 18.3 Å². The number of aromatic nitrogens is 6. The zero-order valence-corrected chi connectivity index (χ0v) is 18.5. The minimum Gasteiger partial charge on any atom is -0.467 e. The van der Waals surface area contributed by atoms with Crippen molar-refractivity contribution < 1.29 is 27.0 Å². The molecule has 0 atom stereocenters. The van der Waals surface area contributed by atoms with Gasteiger partial charge in [-0.1, -0.05) is 18.2 Å². The molecule has 0 N–H and O–H groups in total. The first kappa shape index (κ1) is 23.1. The van der Waals surface area contributed by atoms with E-state index in [1.807, 2.05) is 0 Å². The SMILES string of the molecule is COc1nn(-c2cccc3nn(-c4cncc(F)c4)cc23)c(=O)n1Cc1ccc(OC(F)(F)F)cc1. The molecule has 0 radical (unpaired) electrons. The van der Waals surface area contributed by atoms with E-state index in [1.165, 1.54) is 40.8 Å². The number of nitrogens with zero attached hydrogens (tertiary/aromatic N) is 6. The average molecular weight is 500 g/mol. The Bertz CT molecular complexity index is 1610. The molecule has 2 aromatic carbocycles. The molecule has 0 unspecified atom stereocenters. The number of fused-ring (bicyclic) bond motifs is 1. The maximum atomic E-state index is 13.6. The maximum absolute atomic E-state index is 13.6. The predicted octanol–water partition coefficient (Wildman–Crippen LogP) is 3.86. The van der Waals surface area contributed by atoms with Gasteiger partial charge in [0.05, 0.1) is 42.9 Å². The van der Waals surface area contributed by atoms with Crippen molar-refractivity contribution in [2.75, 3.05) is 7.11 Å². The van der Waals surface area contributed by atoms with Crippen LogP contribution in [0.5, 0.6) is 11.8 Å². The van der Waals surface area contributed by atoms with Gasteiger partial charge in [-0.15, -0.1) is 18.3 Å². The number of rotatable bonds is 6. The molecule has 0 aliphatic carbocycles. The number of methoxy groups -OCH3 is 1. The van der Waals surface area contributed by atoms with Gasteiger partial charge in [-0.2, -0.15) is 9.78 Å². The molecule has 3 aromatic heterocycles. The summed E-state index contributed by atoms with van der Waals surface area (Å²) in [4.78, 5) is 17.1. The topological polar surface area (TPSA) is 89.0 Å². The van der Waals surface area contributed by atoms with Crippen LogP contribution < -0.4 is 15.2 Å². The summed E-state index contributed by atoms with van der Waals surface area (Å²) < 4.78 is 63.8. The lowest BCUT2D eigenvalue weighted by molar-refractivity contribution is -0.274. The molecule has 0 amide bonds. The lowest BCUT2D eigenvalue weighted by Gasteiger charge is -2.09. The van der Waals surface area contributed by atoms with Gasteiger partial charge in [-0.25, -0.2) is 18.4 Å². The van der Waals surface area contributed by atoms with E-state index in [0.29, 0.717) is 27.8 Å². The second kappa shape index (κ2) is 8.83. The van der Waals surface area contributed by atoms with E-state index in [9.17, 15) is 22.4 Å². The van der Waals surface area contributed by atoms with Gasteiger partial charge < -0.3 is 9.47 Å². The van der Waals surface area contributed by atoms with Crippen LogP contribution in [0.1, 0.15) is 5.56 Å². The zero-order valence-electron chi connectivity index (χ0n) is 18.5. The van der Waals surface area contributed by atoms with Gasteiger partial charge in [0.25, 0.3) is 0 Å². The van der Waals surface area contributed by atoms with Crippen molar-refractivity contribution in [2.45, 2.75) is 12.9 Å². The Morgan fingerprint density at radius 3 is 2.50 bits per heavy atom. The van der Waals surface area contributed by atoms with Crippen LogP contribution in [0.3, 0.4) is 0 Å². The predicted molar refractivity (Wildman–Crippen MR) is 119 cm³/mol. The Hall–Kier alpha value is -4.68. The molecule has 0 aliphatic rings. The normalized spacial score (nSPS) is 11.7. The highest BCUT2D eigenvalue weighted by molar-refractivity contribution is 5.87. The van der Waals surface area contributed by atoms with Crippen LogP contribution in [-0.2, 0) is 6.54 Å². The second-order valence-electron chi connectivity index (χ2n) is 7.60. The van der Waals surface area contributed by atoms with Gasteiger partial charge in [-0.05, 0) is 29.8 Å². The fraction of sp³-hybridized carbons (Fsp3) is 0.130. The van der Waals surface area contributed by atoms with Crippen molar-refractivity contribution >= 4 is 10.9 Å². The standard InChI is InChI=1S/C23H16F4N6O3/c1-35-21-30-33(22(34)31(21)12-14-5-7-17(8-6-14)36-23(25,26)27)20-4-2-3-19-18(20)13-32(29-19)16-9-15(24)10-28-11-16/h2-11,13H,12H2,1H3. The third kappa shape index (κ3) is 4.50. The van der Waals surface area contributed by atoms with E-state index in [0.717, 1.165) is 23.0 Å². The summed E-state index contributed by atoms with van der Waals surface area (Å²) in [6, 6.07) is 11.5. The second-order valence-corrected chi connectivity index (χ2v) is 7.60. The zero-order chi connectivity index (χ0) is 25.4. The van der Waals surface area contributed by atoms with Gasteiger partial charge in [-0.3, -0.25) is 4.98 Å². The molecule has 0 saturated carbocycles. The first-order valence-electron chi connectivity index (χ1n) is 10.4. The number of hydrogen-bond acceptors (Lipinski definition) is 6. The number of benzene rings is 2. The number of halogens is 4. The van der Waals surface area contributed by atoms with Gasteiger partial charge >= 0.3 is 18.1 Å². The molecule has 184 valence electrons. The Labute approximate surface area is 199 Å². The van der Waals surface area contributed by atoms with Gasteiger partial charge in [0, 0.05) is 17.6 Å². The molecule has 0 fully saturated rings. The fourth-order valence-corrected chi connectivity index (χ4v) is 3.67. The number of alkyl halides is 3.